The molecule has 39 heavy (non-hydrogen) atoms. The topological polar surface area (TPSA) is 93.9 Å². The highest BCUT2D eigenvalue weighted by Gasteiger charge is 2.38. The molecular formula is C28H45N5O4SSi. The Balaban J connectivity index is 1.90. The van der Waals surface area contributed by atoms with Crippen LogP contribution in [0.5, 0.6) is 0 Å². The van der Waals surface area contributed by atoms with Crippen molar-refractivity contribution in [1.82, 2.24) is 9.97 Å². The molecule has 0 aliphatic heterocycles. The molecule has 1 heterocycles. The number of benzene rings is 1. The Morgan fingerprint density at radius 2 is 1.69 bits per heavy atom. The Bertz CT molecular complexity index is 1080. The average Bonchev–Trinajstić information content (AvgIpc) is 3.43. The number of hydrogen-bond donors (Lipinski definition) is 0. The van der Waals surface area contributed by atoms with Gasteiger partial charge in [0.2, 0.25) is 11.6 Å². The Kier molecular flexibility index (Phi) is 11.2. The summed E-state index contributed by atoms with van der Waals surface area (Å²) < 4.78 is 12.5. The van der Waals surface area contributed by atoms with Crippen LogP contribution in [0.4, 0.5) is 17.3 Å². The summed E-state index contributed by atoms with van der Waals surface area (Å²) in [4.78, 5) is 25.5. The van der Waals surface area contributed by atoms with E-state index in [2.05, 4.69) is 38.8 Å². The lowest BCUT2D eigenvalue weighted by atomic mass is 10.2. The lowest BCUT2D eigenvalue weighted by Crippen LogP contribution is -2.43. The van der Waals surface area contributed by atoms with Crippen LogP contribution in [0, 0.1) is 10.1 Å². The molecule has 1 aromatic carbocycles. The van der Waals surface area contributed by atoms with Crippen LogP contribution in [-0.2, 0) is 15.8 Å². The molecule has 1 saturated carbocycles. The number of rotatable bonds is 14. The van der Waals surface area contributed by atoms with Crippen molar-refractivity contribution in [1.29, 1.82) is 0 Å². The van der Waals surface area contributed by atoms with E-state index in [9.17, 15) is 10.1 Å². The van der Waals surface area contributed by atoms with Crippen molar-refractivity contribution in [2.24, 2.45) is 0 Å². The van der Waals surface area contributed by atoms with Crippen molar-refractivity contribution >= 4 is 37.4 Å². The van der Waals surface area contributed by atoms with Gasteiger partial charge in [0.1, 0.15) is 0 Å². The van der Waals surface area contributed by atoms with Crippen LogP contribution in [0.1, 0.15) is 52.0 Å². The monoisotopic (exact) mass is 575 g/mol. The second-order valence-electron chi connectivity index (χ2n) is 11.6. The normalized spacial score (nSPS) is 14.5. The molecule has 0 unspecified atom stereocenters. The minimum Gasteiger partial charge on any atom is -0.415 e. The fourth-order valence-electron chi connectivity index (χ4n) is 4.49. The molecule has 1 aliphatic carbocycles. The first kappa shape index (κ1) is 31.3. The highest BCUT2D eigenvalue weighted by atomic mass is 32.2. The largest absolute Gasteiger partial charge is 0.415 e. The Morgan fingerprint density at radius 1 is 1.08 bits per heavy atom. The molecule has 0 bridgehead atoms. The maximum Gasteiger partial charge on any atom is 0.353 e. The van der Waals surface area contributed by atoms with Gasteiger partial charge in [-0.1, -0.05) is 75.7 Å². The van der Waals surface area contributed by atoms with Gasteiger partial charge in [-0.2, -0.15) is 9.97 Å². The second kappa shape index (κ2) is 13.9. The third-order valence-electron chi connectivity index (χ3n) is 7.95. The maximum atomic E-state index is 12.6. The molecule has 0 atom stereocenters. The predicted molar refractivity (Wildman–Crippen MR) is 163 cm³/mol. The third kappa shape index (κ3) is 8.39. The van der Waals surface area contributed by atoms with Gasteiger partial charge in [-0.15, -0.1) is 0 Å². The van der Waals surface area contributed by atoms with Crippen LogP contribution in [0.2, 0.25) is 18.1 Å². The van der Waals surface area contributed by atoms with Crippen LogP contribution in [-0.4, -0.2) is 68.9 Å². The molecule has 0 N–H and O–H groups in total. The molecule has 0 amide bonds. The number of thioether (sulfide) groups is 1. The SMILES string of the molecule is CSc1nc(N(CCOCc2ccccc2)CCO[Si](C)(C)C(C)(C)C)c([N+](=O)[O-])c(N(C)C2CCCC2)n1. The van der Waals surface area contributed by atoms with Gasteiger partial charge in [0, 0.05) is 26.2 Å². The number of nitrogens with zero attached hydrogens (tertiary/aromatic N) is 5. The Labute approximate surface area is 239 Å². The van der Waals surface area contributed by atoms with Crippen molar-refractivity contribution in [3.8, 4) is 0 Å². The average molecular weight is 576 g/mol. The molecule has 1 fully saturated rings. The minimum absolute atomic E-state index is 0.0439. The Morgan fingerprint density at radius 3 is 2.28 bits per heavy atom. The standard InChI is InChI=1S/C28H45N5O4SSi/c1-28(2,3)39(6,7)37-20-18-32(17-19-36-21-22-13-9-8-10-14-22)26-24(33(34)35)25(29-27(30-26)38-5)31(4)23-15-11-12-16-23/h8-10,13-14,23H,11-12,15-21H2,1-7H3. The molecule has 1 aliphatic rings. The highest BCUT2D eigenvalue weighted by Crippen LogP contribution is 2.39. The highest BCUT2D eigenvalue weighted by molar-refractivity contribution is 7.98. The van der Waals surface area contributed by atoms with Gasteiger partial charge in [0.05, 0.1) is 24.7 Å². The molecule has 0 spiro atoms. The summed E-state index contributed by atoms with van der Waals surface area (Å²) in [7, 11) is -0.0680. The van der Waals surface area contributed by atoms with Crippen LogP contribution < -0.4 is 9.80 Å². The summed E-state index contributed by atoms with van der Waals surface area (Å²) in [6, 6.07) is 10.2. The number of hydrogen-bond acceptors (Lipinski definition) is 9. The lowest BCUT2D eigenvalue weighted by molar-refractivity contribution is -0.383. The Hall–Kier alpha value is -2.21. The molecule has 1 aromatic heterocycles. The van der Waals surface area contributed by atoms with E-state index in [0.717, 1.165) is 31.2 Å². The summed E-state index contributed by atoms with van der Waals surface area (Å²) in [5.74, 6) is 0.725. The van der Waals surface area contributed by atoms with E-state index in [1.54, 1.807) is 0 Å². The van der Waals surface area contributed by atoms with E-state index < -0.39 is 8.32 Å². The summed E-state index contributed by atoms with van der Waals surface area (Å²) in [5.41, 5.74) is 1.04. The van der Waals surface area contributed by atoms with Gasteiger partial charge in [-0.3, -0.25) is 10.1 Å². The van der Waals surface area contributed by atoms with Gasteiger partial charge in [0.25, 0.3) is 0 Å². The van der Waals surface area contributed by atoms with E-state index in [1.807, 2.05) is 53.4 Å². The summed E-state index contributed by atoms with van der Waals surface area (Å²) in [5, 5.41) is 13.1. The number of anilines is 2. The van der Waals surface area contributed by atoms with Crippen LogP contribution in [0.3, 0.4) is 0 Å². The van der Waals surface area contributed by atoms with Crippen molar-refractivity contribution in [3.05, 3.63) is 46.0 Å². The van der Waals surface area contributed by atoms with E-state index in [0.29, 0.717) is 49.7 Å². The molecular weight excluding hydrogens is 530 g/mol. The predicted octanol–water partition coefficient (Wildman–Crippen LogP) is 6.53. The minimum atomic E-state index is -1.99. The van der Waals surface area contributed by atoms with Gasteiger partial charge in [-0.05, 0) is 42.8 Å². The first-order valence-corrected chi connectivity index (χ1v) is 17.9. The zero-order valence-electron chi connectivity index (χ0n) is 24.6. The maximum absolute atomic E-state index is 12.6. The van der Waals surface area contributed by atoms with Crippen LogP contribution in [0.15, 0.2) is 35.5 Å². The second-order valence-corrected chi connectivity index (χ2v) is 17.2. The van der Waals surface area contributed by atoms with Crippen molar-refractivity contribution < 1.29 is 14.1 Å². The van der Waals surface area contributed by atoms with Crippen molar-refractivity contribution in [2.45, 2.75) is 82.4 Å². The van der Waals surface area contributed by atoms with Gasteiger partial charge >= 0.3 is 5.69 Å². The molecule has 216 valence electrons. The number of nitro groups is 1. The third-order valence-corrected chi connectivity index (χ3v) is 13.0. The van der Waals surface area contributed by atoms with E-state index >= 15 is 0 Å². The van der Waals surface area contributed by atoms with Crippen LogP contribution in [0.25, 0.3) is 0 Å². The summed E-state index contributed by atoms with van der Waals surface area (Å²) in [6.07, 6.45) is 6.19. The van der Waals surface area contributed by atoms with Gasteiger partial charge in [0.15, 0.2) is 13.5 Å². The summed E-state index contributed by atoms with van der Waals surface area (Å²) >= 11 is 1.40. The van der Waals surface area contributed by atoms with Crippen molar-refractivity contribution in [3.63, 3.8) is 0 Å². The zero-order chi connectivity index (χ0) is 28.6. The molecule has 0 radical (unpaired) electrons. The smallest absolute Gasteiger partial charge is 0.353 e. The summed E-state index contributed by atoms with van der Waals surface area (Å²) in [6.45, 7) is 13.3. The van der Waals surface area contributed by atoms with E-state index in [4.69, 9.17) is 14.1 Å². The molecule has 0 saturated heterocycles. The van der Waals surface area contributed by atoms with E-state index in [-0.39, 0.29) is 21.7 Å². The van der Waals surface area contributed by atoms with Crippen LogP contribution >= 0.6 is 11.8 Å². The first-order valence-electron chi connectivity index (χ1n) is 13.8. The zero-order valence-corrected chi connectivity index (χ0v) is 26.4. The first-order chi connectivity index (χ1) is 18.4. The fraction of sp³-hybridized carbons (Fsp3) is 0.643. The van der Waals surface area contributed by atoms with Gasteiger partial charge in [-0.25, -0.2) is 0 Å². The molecule has 3 rings (SSSR count). The quantitative estimate of drug-likeness (QED) is 0.0622. The molecule has 11 heteroatoms. The lowest BCUT2D eigenvalue weighted by Gasteiger charge is -2.37. The molecule has 9 nitrogen and oxygen atoms in total. The fourth-order valence-corrected chi connectivity index (χ4v) is 5.88. The molecule has 2 aromatic rings. The number of ether oxygens (including phenoxy) is 1. The van der Waals surface area contributed by atoms with Crippen molar-refractivity contribution in [2.75, 3.05) is 49.4 Å². The van der Waals surface area contributed by atoms with Gasteiger partial charge < -0.3 is 19.0 Å². The van der Waals surface area contributed by atoms with E-state index in [1.165, 1.54) is 11.8 Å². The number of aromatic nitrogens is 2.